The van der Waals surface area contributed by atoms with Gasteiger partial charge in [0.1, 0.15) is 21.3 Å². The van der Waals surface area contributed by atoms with Gasteiger partial charge in [-0.15, -0.1) is 11.3 Å². The van der Waals surface area contributed by atoms with Crippen molar-refractivity contribution in [1.29, 1.82) is 0 Å². The molecule has 7 nitrogen and oxygen atoms in total. The number of hydrogen-bond donors (Lipinski definition) is 2. The van der Waals surface area contributed by atoms with Crippen LogP contribution in [0.5, 0.6) is 11.5 Å². The normalized spacial score (nSPS) is 11.0. The Morgan fingerprint density at radius 3 is 2.43 bits per heavy atom. The number of thiophene rings is 1. The molecule has 1 aromatic heterocycles. The molecule has 2 N–H and O–H groups in total. The highest BCUT2D eigenvalue weighted by atomic mass is 32.2. The Morgan fingerprint density at radius 2 is 1.77 bits per heavy atom. The molecule has 0 atom stereocenters. The molecule has 0 fully saturated rings. The second-order valence-electron chi connectivity index (χ2n) is 6.45. The van der Waals surface area contributed by atoms with Crippen LogP contribution in [0.1, 0.15) is 20.8 Å². The average Bonchev–Trinajstić information content (AvgIpc) is 3.24. The van der Waals surface area contributed by atoms with Gasteiger partial charge in [-0.05, 0) is 48.7 Å². The lowest BCUT2D eigenvalue weighted by molar-refractivity contribution is 0.0951. The molecule has 0 aliphatic heterocycles. The van der Waals surface area contributed by atoms with Gasteiger partial charge in [-0.3, -0.25) is 9.52 Å². The van der Waals surface area contributed by atoms with Gasteiger partial charge < -0.3 is 14.8 Å². The third-order valence-corrected chi connectivity index (χ3v) is 6.82. The molecule has 0 unspecified atom stereocenters. The van der Waals surface area contributed by atoms with Crippen LogP contribution in [0.2, 0.25) is 0 Å². The Bertz CT molecular complexity index is 1140. The molecule has 158 valence electrons. The van der Waals surface area contributed by atoms with E-state index in [1.54, 1.807) is 55.0 Å². The maximum atomic E-state index is 12.8. The van der Waals surface area contributed by atoms with Crippen molar-refractivity contribution in [2.75, 3.05) is 18.9 Å². The molecule has 2 aromatic carbocycles. The quantitative estimate of drug-likeness (QED) is 0.549. The summed E-state index contributed by atoms with van der Waals surface area (Å²) in [6.07, 6.45) is 0. The fourth-order valence-corrected chi connectivity index (χ4v) is 5.19. The number of carbonyl (C=O) groups is 1. The summed E-state index contributed by atoms with van der Waals surface area (Å²) in [6.45, 7) is 2.07. The number of methoxy groups -OCH3 is 2. The summed E-state index contributed by atoms with van der Waals surface area (Å²) < 4.78 is 38.7. The Kier molecular flexibility index (Phi) is 6.63. The number of nitrogens with one attached hydrogen (secondary N) is 2. The van der Waals surface area contributed by atoms with E-state index in [2.05, 4.69) is 10.0 Å². The van der Waals surface area contributed by atoms with Gasteiger partial charge in [0.05, 0.1) is 14.2 Å². The summed E-state index contributed by atoms with van der Waals surface area (Å²) in [7, 11) is -0.825. The van der Waals surface area contributed by atoms with Crippen molar-refractivity contribution in [3.8, 4) is 11.5 Å². The van der Waals surface area contributed by atoms with Crippen molar-refractivity contribution in [1.82, 2.24) is 5.32 Å². The van der Waals surface area contributed by atoms with Gasteiger partial charge in [0.25, 0.3) is 15.9 Å². The number of carbonyl (C=O) groups excluding carboxylic acids is 1. The zero-order valence-corrected chi connectivity index (χ0v) is 18.4. The second kappa shape index (κ2) is 9.19. The number of aryl methyl sites for hydroxylation is 1. The van der Waals surface area contributed by atoms with Gasteiger partial charge in [0.15, 0.2) is 0 Å². The minimum absolute atomic E-state index is 0.0665. The van der Waals surface area contributed by atoms with E-state index >= 15 is 0 Å². The molecular weight excluding hydrogens is 424 g/mol. The minimum atomic E-state index is -3.91. The molecule has 3 rings (SSSR count). The van der Waals surface area contributed by atoms with Crippen molar-refractivity contribution in [2.45, 2.75) is 18.4 Å². The molecule has 1 heterocycles. The predicted octanol–water partition coefficient (Wildman–Crippen LogP) is 3.80. The van der Waals surface area contributed by atoms with Gasteiger partial charge in [-0.2, -0.15) is 0 Å². The molecule has 0 spiro atoms. The van der Waals surface area contributed by atoms with Crippen molar-refractivity contribution in [2.24, 2.45) is 0 Å². The third-order valence-electron chi connectivity index (χ3n) is 4.36. The van der Waals surface area contributed by atoms with E-state index in [1.165, 1.54) is 13.2 Å². The number of hydrogen-bond acceptors (Lipinski definition) is 6. The van der Waals surface area contributed by atoms with Gasteiger partial charge in [-0.25, -0.2) is 8.42 Å². The first-order valence-electron chi connectivity index (χ1n) is 9.00. The molecule has 0 saturated heterocycles. The topological polar surface area (TPSA) is 93.7 Å². The first kappa shape index (κ1) is 21.7. The zero-order chi connectivity index (χ0) is 21.7. The van der Waals surface area contributed by atoms with E-state index in [0.29, 0.717) is 22.7 Å². The molecule has 30 heavy (non-hydrogen) atoms. The average molecular weight is 447 g/mol. The number of sulfonamides is 1. The molecule has 0 saturated carbocycles. The van der Waals surface area contributed by atoms with Gasteiger partial charge in [0.2, 0.25) is 0 Å². The van der Waals surface area contributed by atoms with Gasteiger partial charge in [-0.1, -0.05) is 17.7 Å². The van der Waals surface area contributed by atoms with Gasteiger partial charge >= 0.3 is 0 Å². The Labute approximate surface area is 179 Å². The van der Waals surface area contributed by atoms with Crippen LogP contribution in [0.3, 0.4) is 0 Å². The monoisotopic (exact) mass is 446 g/mol. The van der Waals surface area contributed by atoms with Crippen LogP contribution in [0, 0.1) is 6.92 Å². The number of amides is 1. The molecule has 9 heteroatoms. The largest absolute Gasteiger partial charge is 0.497 e. The van der Waals surface area contributed by atoms with E-state index < -0.39 is 15.9 Å². The van der Waals surface area contributed by atoms with Gasteiger partial charge in [0, 0.05) is 17.8 Å². The first-order valence-corrected chi connectivity index (χ1v) is 11.4. The van der Waals surface area contributed by atoms with Crippen LogP contribution < -0.4 is 19.5 Å². The zero-order valence-electron chi connectivity index (χ0n) is 16.8. The lowest BCUT2D eigenvalue weighted by atomic mass is 10.2. The van der Waals surface area contributed by atoms with Crippen molar-refractivity contribution in [3.05, 3.63) is 69.9 Å². The summed E-state index contributed by atoms with van der Waals surface area (Å²) >= 11 is 1.06. The first-order chi connectivity index (χ1) is 14.3. The van der Waals surface area contributed by atoms with Crippen molar-refractivity contribution >= 4 is 33.0 Å². The number of ether oxygens (including phenoxy) is 2. The SMILES string of the molecule is COc1ccc(OC)c(CNC(=O)c2sccc2S(=O)(=O)Nc2ccc(C)cc2)c1. The molecule has 0 aliphatic carbocycles. The maximum Gasteiger partial charge on any atom is 0.263 e. The molecule has 1 amide bonds. The van der Waals surface area contributed by atoms with Crippen LogP contribution in [-0.4, -0.2) is 28.5 Å². The Balaban J connectivity index is 1.77. The van der Waals surface area contributed by atoms with E-state index in [4.69, 9.17) is 9.47 Å². The molecule has 0 bridgehead atoms. The highest BCUT2D eigenvalue weighted by Gasteiger charge is 2.24. The number of anilines is 1. The van der Waals surface area contributed by atoms with E-state index in [0.717, 1.165) is 16.9 Å². The number of rotatable bonds is 8. The molecule has 0 aliphatic rings. The predicted molar refractivity (Wildman–Crippen MR) is 117 cm³/mol. The van der Waals surface area contributed by atoms with Crippen LogP contribution in [-0.2, 0) is 16.6 Å². The van der Waals surface area contributed by atoms with E-state index in [-0.39, 0.29) is 16.3 Å². The summed E-state index contributed by atoms with van der Waals surface area (Å²) in [6, 6.07) is 13.6. The highest BCUT2D eigenvalue weighted by Crippen LogP contribution is 2.26. The van der Waals surface area contributed by atoms with Crippen LogP contribution in [0.25, 0.3) is 0 Å². The minimum Gasteiger partial charge on any atom is -0.497 e. The smallest absolute Gasteiger partial charge is 0.263 e. The lowest BCUT2D eigenvalue weighted by Crippen LogP contribution is -2.25. The summed E-state index contributed by atoms with van der Waals surface area (Å²) in [5, 5.41) is 4.33. The second-order valence-corrected chi connectivity index (χ2v) is 9.01. The van der Waals surface area contributed by atoms with Crippen molar-refractivity contribution < 1.29 is 22.7 Å². The Hall–Kier alpha value is -3.04. The number of benzene rings is 2. The van der Waals surface area contributed by atoms with E-state index in [9.17, 15) is 13.2 Å². The fraction of sp³-hybridized carbons (Fsp3) is 0.190. The third kappa shape index (κ3) is 4.92. The van der Waals surface area contributed by atoms with E-state index in [1.807, 2.05) is 6.92 Å². The summed E-state index contributed by atoms with van der Waals surface area (Å²) in [5.74, 6) is 0.733. The molecular formula is C21H22N2O5S2. The van der Waals surface area contributed by atoms with Crippen LogP contribution >= 0.6 is 11.3 Å². The molecule has 0 radical (unpaired) electrons. The fourth-order valence-electron chi connectivity index (χ4n) is 2.78. The Morgan fingerprint density at radius 1 is 1.03 bits per heavy atom. The standard InChI is InChI=1S/C21H22N2O5S2/c1-14-4-6-16(7-5-14)23-30(25,26)19-10-11-29-20(19)21(24)22-13-15-12-17(27-2)8-9-18(15)28-3/h4-12,23H,13H2,1-3H3,(H,22,24). The van der Waals surface area contributed by atoms with Crippen LogP contribution in [0.4, 0.5) is 5.69 Å². The van der Waals surface area contributed by atoms with Crippen molar-refractivity contribution in [3.63, 3.8) is 0 Å². The molecule has 3 aromatic rings. The van der Waals surface area contributed by atoms with Crippen LogP contribution in [0.15, 0.2) is 58.8 Å². The maximum absolute atomic E-state index is 12.8. The highest BCUT2D eigenvalue weighted by molar-refractivity contribution is 7.93. The lowest BCUT2D eigenvalue weighted by Gasteiger charge is -2.12. The summed E-state index contributed by atoms with van der Waals surface area (Å²) in [4.78, 5) is 12.8. The summed E-state index contributed by atoms with van der Waals surface area (Å²) in [5.41, 5.74) is 2.16.